The Labute approximate surface area is 118 Å². The molecule has 2 aromatic rings. The Bertz CT molecular complexity index is 733. The summed E-state index contributed by atoms with van der Waals surface area (Å²) < 4.78 is 24.2. The maximum atomic E-state index is 12.1. The highest BCUT2D eigenvalue weighted by molar-refractivity contribution is 7.91. The van der Waals surface area contributed by atoms with Crippen LogP contribution < -0.4 is 0 Å². The fraction of sp³-hybridized carbons (Fsp3) is 0.286. The van der Waals surface area contributed by atoms with Crippen molar-refractivity contribution in [3.63, 3.8) is 0 Å². The number of aromatic nitrogens is 2. The summed E-state index contributed by atoms with van der Waals surface area (Å²) >= 11 is 0. The Kier molecular flexibility index (Phi) is 3.91. The van der Waals surface area contributed by atoms with E-state index in [4.69, 9.17) is 5.26 Å². The monoisotopic (exact) mass is 289 g/mol. The minimum absolute atomic E-state index is 0.0279. The van der Waals surface area contributed by atoms with Gasteiger partial charge in [-0.1, -0.05) is 0 Å². The van der Waals surface area contributed by atoms with Gasteiger partial charge in [0.2, 0.25) is 0 Å². The number of benzene rings is 1. The molecule has 1 N–H and O–H groups in total. The zero-order chi connectivity index (χ0) is 14.8. The fourth-order valence-corrected chi connectivity index (χ4v) is 3.37. The van der Waals surface area contributed by atoms with Gasteiger partial charge in [0.1, 0.15) is 4.90 Å². The molecule has 0 radical (unpaired) electrons. The summed E-state index contributed by atoms with van der Waals surface area (Å²) in [5.41, 5.74) is 3.48. The van der Waals surface area contributed by atoms with Gasteiger partial charge in [-0.3, -0.25) is 5.10 Å². The van der Waals surface area contributed by atoms with Gasteiger partial charge in [-0.25, -0.2) is 8.42 Å². The van der Waals surface area contributed by atoms with Crippen molar-refractivity contribution in [2.45, 2.75) is 25.2 Å². The zero-order valence-corrected chi connectivity index (χ0v) is 12.2. The first kappa shape index (κ1) is 14.3. The van der Waals surface area contributed by atoms with Crippen molar-refractivity contribution < 1.29 is 8.42 Å². The molecule has 1 heterocycles. The van der Waals surface area contributed by atoms with Gasteiger partial charge < -0.3 is 0 Å². The smallest absolute Gasteiger partial charge is 0.181 e. The van der Waals surface area contributed by atoms with Gasteiger partial charge >= 0.3 is 0 Å². The number of hydrogen-bond acceptors (Lipinski definition) is 4. The summed E-state index contributed by atoms with van der Waals surface area (Å²) in [6.45, 7) is 3.79. The number of nitrogens with one attached hydrogen (secondary N) is 1. The third kappa shape index (κ3) is 2.89. The van der Waals surface area contributed by atoms with E-state index in [9.17, 15) is 8.42 Å². The molecule has 1 aromatic heterocycles. The average Bonchev–Trinajstić information content (AvgIpc) is 2.92. The molecule has 20 heavy (non-hydrogen) atoms. The van der Waals surface area contributed by atoms with Crippen LogP contribution in [0, 0.1) is 25.2 Å². The molecule has 0 aliphatic heterocycles. The van der Waals surface area contributed by atoms with E-state index in [1.165, 1.54) is 12.4 Å². The summed E-state index contributed by atoms with van der Waals surface area (Å²) in [6, 6.07) is 5.67. The molecule has 0 saturated heterocycles. The molecule has 104 valence electrons. The van der Waals surface area contributed by atoms with Crippen LogP contribution in [0.25, 0.3) is 0 Å². The first-order valence-electron chi connectivity index (χ1n) is 6.16. The van der Waals surface area contributed by atoms with Gasteiger partial charge in [-0.15, -0.1) is 0 Å². The molecule has 0 bridgehead atoms. The molecular weight excluding hydrogens is 274 g/mol. The lowest BCUT2D eigenvalue weighted by Gasteiger charge is -2.10. The highest BCUT2D eigenvalue weighted by Crippen LogP contribution is 2.19. The zero-order valence-electron chi connectivity index (χ0n) is 11.3. The van der Waals surface area contributed by atoms with Crippen molar-refractivity contribution in [2.24, 2.45) is 0 Å². The van der Waals surface area contributed by atoms with Gasteiger partial charge in [-0.05, 0) is 49.1 Å². The summed E-state index contributed by atoms with van der Waals surface area (Å²) in [6.07, 6.45) is 3.12. The van der Waals surface area contributed by atoms with E-state index in [2.05, 4.69) is 16.3 Å². The minimum Gasteiger partial charge on any atom is -0.284 e. The van der Waals surface area contributed by atoms with Gasteiger partial charge in [0, 0.05) is 6.20 Å². The van der Waals surface area contributed by atoms with Crippen molar-refractivity contribution in [1.29, 1.82) is 5.26 Å². The molecule has 1 aromatic carbocycles. The molecule has 0 amide bonds. The number of sulfone groups is 1. The van der Waals surface area contributed by atoms with E-state index in [0.29, 0.717) is 12.0 Å². The normalized spacial score (nSPS) is 11.2. The van der Waals surface area contributed by atoms with Crippen molar-refractivity contribution in [3.8, 4) is 6.07 Å². The number of aromatic amines is 1. The molecule has 0 unspecified atom stereocenters. The predicted octanol–water partition coefficient (Wildman–Crippen LogP) is 1.91. The van der Waals surface area contributed by atoms with E-state index >= 15 is 0 Å². The molecule has 0 spiro atoms. The van der Waals surface area contributed by atoms with Crippen molar-refractivity contribution in [2.75, 3.05) is 5.75 Å². The quantitative estimate of drug-likeness (QED) is 0.931. The third-order valence-corrected chi connectivity index (χ3v) is 4.96. The summed E-state index contributed by atoms with van der Waals surface area (Å²) in [5.74, 6) is 0.0279. The van der Waals surface area contributed by atoms with Crippen molar-refractivity contribution >= 4 is 9.84 Å². The SMILES string of the molecule is Cc1cc(C#N)cc(C)c1CCS(=O)(=O)c1cn[nH]c1. The van der Waals surface area contributed by atoms with Crippen LogP contribution in [0.2, 0.25) is 0 Å². The number of aryl methyl sites for hydroxylation is 2. The lowest BCUT2D eigenvalue weighted by atomic mass is 9.98. The molecule has 0 aliphatic carbocycles. The molecule has 0 aliphatic rings. The van der Waals surface area contributed by atoms with Crippen molar-refractivity contribution in [3.05, 3.63) is 46.8 Å². The van der Waals surface area contributed by atoms with Crippen molar-refractivity contribution in [1.82, 2.24) is 10.2 Å². The van der Waals surface area contributed by atoms with Gasteiger partial charge in [0.15, 0.2) is 9.84 Å². The molecule has 2 rings (SSSR count). The number of H-pyrrole nitrogens is 1. The van der Waals surface area contributed by atoms with Gasteiger partial charge in [0.05, 0.1) is 23.6 Å². The van der Waals surface area contributed by atoms with Crippen LogP contribution in [0.15, 0.2) is 29.4 Å². The third-order valence-electron chi connectivity index (χ3n) is 3.28. The molecule has 5 nitrogen and oxygen atoms in total. The number of hydrogen-bond donors (Lipinski definition) is 1. The second-order valence-corrected chi connectivity index (χ2v) is 6.81. The van der Waals surface area contributed by atoms with Crippen LogP contribution in [0.3, 0.4) is 0 Å². The van der Waals surface area contributed by atoms with Crippen LogP contribution in [0.5, 0.6) is 0 Å². The summed E-state index contributed by atoms with van der Waals surface area (Å²) in [7, 11) is -3.32. The lowest BCUT2D eigenvalue weighted by Crippen LogP contribution is -2.10. The Morgan fingerprint density at radius 2 is 1.95 bits per heavy atom. The van der Waals surface area contributed by atoms with E-state index in [0.717, 1.165) is 16.7 Å². The largest absolute Gasteiger partial charge is 0.284 e. The van der Waals surface area contributed by atoms with Crippen LogP contribution in [-0.4, -0.2) is 24.4 Å². The summed E-state index contributed by atoms with van der Waals surface area (Å²) in [5, 5.41) is 15.1. The standard InChI is InChI=1S/C14H15N3O2S/c1-10-5-12(7-15)6-11(2)14(10)3-4-20(18,19)13-8-16-17-9-13/h5-6,8-9H,3-4H2,1-2H3,(H,16,17). The minimum atomic E-state index is -3.32. The average molecular weight is 289 g/mol. The van der Waals surface area contributed by atoms with Crippen LogP contribution >= 0.6 is 0 Å². The van der Waals surface area contributed by atoms with E-state index in [1.54, 1.807) is 12.1 Å². The second-order valence-electron chi connectivity index (χ2n) is 4.70. The van der Waals surface area contributed by atoms with Crippen LogP contribution in [0.4, 0.5) is 0 Å². The highest BCUT2D eigenvalue weighted by Gasteiger charge is 2.17. The fourth-order valence-electron chi connectivity index (χ4n) is 2.22. The first-order chi connectivity index (χ1) is 9.44. The maximum Gasteiger partial charge on any atom is 0.181 e. The number of rotatable bonds is 4. The Morgan fingerprint density at radius 3 is 2.45 bits per heavy atom. The molecule has 0 atom stereocenters. The van der Waals surface area contributed by atoms with Crippen LogP contribution in [-0.2, 0) is 16.3 Å². The number of nitrogens with zero attached hydrogens (tertiary/aromatic N) is 2. The lowest BCUT2D eigenvalue weighted by molar-refractivity contribution is 0.595. The number of nitriles is 1. The Morgan fingerprint density at radius 1 is 1.30 bits per heavy atom. The Balaban J connectivity index is 2.23. The molecule has 6 heteroatoms. The van der Waals surface area contributed by atoms with E-state index in [1.807, 2.05) is 13.8 Å². The predicted molar refractivity (Wildman–Crippen MR) is 75.0 cm³/mol. The first-order valence-corrected chi connectivity index (χ1v) is 7.81. The van der Waals surface area contributed by atoms with E-state index < -0.39 is 9.84 Å². The molecule has 0 saturated carbocycles. The van der Waals surface area contributed by atoms with Gasteiger partial charge in [0.25, 0.3) is 0 Å². The maximum absolute atomic E-state index is 12.1. The Hall–Kier alpha value is -2.13. The van der Waals surface area contributed by atoms with E-state index in [-0.39, 0.29) is 10.6 Å². The molecular formula is C14H15N3O2S. The summed E-state index contributed by atoms with van der Waals surface area (Å²) in [4.78, 5) is 0.210. The highest BCUT2D eigenvalue weighted by atomic mass is 32.2. The van der Waals surface area contributed by atoms with Gasteiger partial charge in [-0.2, -0.15) is 10.4 Å². The second kappa shape index (κ2) is 5.47. The topological polar surface area (TPSA) is 86.6 Å². The van der Waals surface area contributed by atoms with Crippen LogP contribution in [0.1, 0.15) is 22.3 Å². The molecule has 0 fully saturated rings.